The summed E-state index contributed by atoms with van der Waals surface area (Å²) in [6, 6.07) is 0.325. The van der Waals surface area contributed by atoms with Crippen molar-refractivity contribution in [2.24, 2.45) is 5.73 Å². The molecule has 5 nitrogen and oxygen atoms in total. The quantitative estimate of drug-likeness (QED) is 0.699. The van der Waals surface area contributed by atoms with E-state index in [1.165, 1.54) is 0 Å². The van der Waals surface area contributed by atoms with Crippen LogP contribution in [0.1, 0.15) is 17.9 Å². The zero-order chi connectivity index (χ0) is 9.97. The van der Waals surface area contributed by atoms with Crippen LogP contribution in [0.2, 0.25) is 0 Å². The van der Waals surface area contributed by atoms with Gasteiger partial charge in [0.1, 0.15) is 5.82 Å². The molecule has 1 fully saturated rings. The Hall–Kier alpha value is -1.07. The van der Waals surface area contributed by atoms with Gasteiger partial charge in [-0.2, -0.15) is 5.10 Å². The van der Waals surface area contributed by atoms with Crippen LogP contribution >= 0.6 is 0 Å². The first-order chi connectivity index (χ1) is 6.74. The van der Waals surface area contributed by atoms with Gasteiger partial charge in [-0.15, -0.1) is 5.10 Å². The highest BCUT2D eigenvalue weighted by atomic mass is 15.2. The molecule has 1 saturated heterocycles. The maximum Gasteiger partial charge on any atom is 0.148 e. The van der Waals surface area contributed by atoms with Gasteiger partial charge in [0.2, 0.25) is 0 Å². The fraction of sp³-hybridized carbons (Fsp3) is 0.667. The Labute approximate surface area is 83.3 Å². The molecule has 76 valence electrons. The van der Waals surface area contributed by atoms with Crippen molar-refractivity contribution >= 4 is 0 Å². The lowest BCUT2D eigenvalue weighted by atomic mass is 10.3. The van der Waals surface area contributed by atoms with Crippen molar-refractivity contribution in [2.45, 2.75) is 25.9 Å². The fourth-order valence-corrected chi connectivity index (χ4v) is 1.75. The predicted molar refractivity (Wildman–Crippen MR) is 52.4 cm³/mol. The lowest BCUT2D eigenvalue weighted by Crippen LogP contribution is -2.26. The standard InChI is InChI=1S/C9H15N5/c1-7-12-9(4-11-13-7)6-14-3-2-8(10)5-14/h4,8H,2-3,5-6,10H2,1H3. The van der Waals surface area contributed by atoms with Crippen LogP contribution in [0, 0.1) is 6.92 Å². The molecule has 2 heterocycles. The largest absolute Gasteiger partial charge is 0.326 e. The van der Waals surface area contributed by atoms with Crippen LogP contribution in [-0.2, 0) is 6.54 Å². The smallest absolute Gasteiger partial charge is 0.148 e. The Morgan fingerprint density at radius 3 is 3.14 bits per heavy atom. The van der Waals surface area contributed by atoms with E-state index in [4.69, 9.17) is 5.73 Å². The molecule has 1 aliphatic heterocycles. The third-order valence-corrected chi connectivity index (χ3v) is 2.41. The highest BCUT2D eigenvalue weighted by molar-refractivity contribution is 4.96. The second-order valence-corrected chi connectivity index (χ2v) is 3.78. The van der Waals surface area contributed by atoms with E-state index >= 15 is 0 Å². The molecular weight excluding hydrogens is 178 g/mol. The van der Waals surface area contributed by atoms with Crippen LogP contribution in [0.5, 0.6) is 0 Å². The average molecular weight is 193 g/mol. The van der Waals surface area contributed by atoms with Gasteiger partial charge in [0.25, 0.3) is 0 Å². The molecule has 2 rings (SSSR count). The Bertz CT molecular complexity index is 314. The number of hydrogen-bond donors (Lipinski definition) is 1. The molecule has 0 spiro atoms. The second-order valence-electron chi connectivity index (χ2n) is 3.78. The van der Waals surface area contributed by atoms with Crippen LogP contribution in [0.25, 0.3) is 0 Å². The number of rotatable bonds is 2. The molecule has 0 saturated carbocycles. The van der Waals surface area contributed by atoms with Crippen LogP contribution < -0.4 is 5.73 Å². The lowest BCUT2D eigenvalue weighted by Gasteiger charge is -2.13. The van der Waals surface area contributed by atoms with Crippen molar-refractivity contribution in [1.29, 1.82) is 0 Å². The number of nitrogens with zero attached hydrogens (tertiary/aromatic N) is 4. The fourth-order valence-electron chi connectivity index (χ4n) is 1.75. The van der Waals surface area contributed by atoms with Gasteiger partial charge in [0, 0.05) is 25.7 Å². The van der Waals surface area contributed by atoms with Crippen molar-refractivity contribution in [3.05, 3.63) is 17.7 Å². The van der Waals surface area contributed by atoms with Gasteiger partial charge in [-0.25, -0.2) is 4.98 Å². The van der Waals surface area contributed by atoms with Crippen LogP contribution in [-0.4, -0.2) is 39.2 Å². The van der Waals surface area contributed by atoms with E-state index < -0.39 is 0 Å². The van der Waals surface area contributed by atoms with Crippen LogP contribution in [0.15, 0.2) is 6.20 Å². The normalized spacial score (nSPS) is 22.9. The topological polar surface area (TPSA) is 67.9 Å². The highest BCUT2D eigenvalue weighted by Gasteiger charge is 2.19. The lowest BCUT2D eigenvalue weighted by molar-refractivity contribution is 0.321. The van der Waals surface area contributed by atoms with Gasteiger partial charge in [-0.05, 0) is 13.3 Å². The monoisotopic (exact) mass is 193 g/mol. The van der Waals surface area contributed by atoms with Gasteiger partial charge in [-0.1, -0.05) is 0 Å². The molecule has 0 bridgehead atoms. The van der Waals surface area contributed by atoms with E-state index in [0.29, 0.717) is 6.04 Å². The summed E-state index contributed by atoms with van der Waals surface area (Å²) in [4.78, 5) is 6.61. The molecule has 14 heavy (non-hydrogen) atoms. The van der Waals surface area contributed by atoms with E-state index in [1.54, 1.807) is 6.20 Å². The van der Waals surface area contributed by atoms with Gasteiger partial charge >= 0.3 is 0 Å². The summed E-state index contributed by atoms with van der Waals surface area (Å²) >= 11 is 0. The molecule has 5 heteroatoms. The minimum atomic E-state index is 0.325. The molecule has 1 unspecified atom stereocenters. The molecule has 0 radical (unpaired) electrons. The van der Waals surface area contributed by atoms with E-state index in [1.807, 2.05) is 6.92 Å². The summed E-state index contributed by atoms with van der Waals surface area (Å²) in [5.74, 6) is 0.728. The van der Waals surface area contributed by atoms with Crippen molar-refractivity contribution in [3.63, 3.8) is 0 Å². The molecule has 2 N–H and O–H groups in total. The number of hydrogen-bond acceptors (Lipinski definition) is 5. The third kappa shape index (κ3) is 2.24. The molecular formula is C9H15N5. The summed E-state index contributed by atoms with van der Waals surface area (Å²) in [5, 5.41) is 7.70. The second kappa shape index (κ2) is 3.98. The Kier molecular flexibility index (Phi) is 2.69. The minimum Gasteiger partial charge on any atom is -0.326 e. The van der Waals surface area contributed by atoms with E-state index in [9.17, 15) is 0 Å². The molecule has 1 aromatic heterocycles. The molecule has 0 aromatic carbocycles. The van der Waals surface area contributed by atoms with Gasteiger partial charge in [0.05, 0.1) is 11.9 Å². The first kappa shape index (κ1) is 9.48. The van der Waals surface area contributed by atoms with Gasteiger partial charge < -0.3 is 5.73 Å². The van der Waals surface area contributed by atoms with Crippen LogP contribution in [0.3, 0.4) is 0 Å². The summed E-state index contributed by atoms with van der Waals surface area (Å²) in [6.07, 6.45) is 2.80. The maximum absolute atomic E-state index is 5.82. The van der Waals surface area contributed by atoms with Crippen molar-refractivity contribution in [3.8, 4) is 0 Å². The van der Waals surface area contributed by atoms with E-state index in [2.05, 4.69) is 20.1 Å². The number of nitrogens with two attached hydrogens (primary N) is 1. The summed E-state index contributed by atoms with van der Waals surface area (Å²) in [6.45, 7) is 4.71. The predicted octanol–water partition coefficient (Wildman–Crippen LogP) is -0.287. The van der Waals surface area contributed by atoms with Gasteiger partial charge in [-0.3, -0.25) is 4.90 Å². The third-order valence-electron chi connectivity index (χ3n) is 2.41. The first-order valence-corrected chi connectivity index (χ1v) is 4.87. The summed E-state index contributed by atoms with van der Waals surface area (Å²) in [7, 11) is 0. The van der Waals surface area contributed by atoms with Crippen molar-refractivity contribution < 1.29 is 0 Å². The number of aryl methyl sites for hydroxylation is 1. The minimum absolute atomic E-state index is 0.325. The van der Waals surface area contributed by atoms with Crippen LogP contribution in [0.4, 0.5) is 0 Å². The molecule has 0 amide bonds. The summed E-state index contributed by atoms with van der Waals surface area (Å²) in [5.41, 5.74) is 6.80. The SMILES string of the molecule is Cc1nncc(CN2CCC(N)C2)n1. The average Bonchev–Trinajstić information content (AvgIpc) is 2.51. The molecule has 1 aromatic rings. The molecule has 1 aliphatic rings. The Morgan fingerprint density at radius 1 is 1.64 bits per heavy atom. The van der Waals surface area contributed by atoms with Crippen molar-refractivity contribution in [1.82, 2.24) is 20.1 Å². The first-order valence-electron chi connectivity index (χ1n) is 4.87. The number of likely N-dealkylation sites (tertiary alicyclic amines) is 1. The van der Waals surface area contributed by atoms with E-state index in [-0.39, 0.29) is 0 Å². The maximum atomic E-state index is 5.82. The molecule has 1 atom stereocenters. The Morgan fingerprint density at radius 2 is 2.50 bits per heavy atom. The van der Waals surface area contributed by atoms with Crippen molar-refractivity contribution in [2.75, 3.05) is 13.1 Å². The zero-order valence-electron chi connectivity index (χ0n) is 8.35. The highest BCUT2D eigenvalue weighted by Crippen LogP contribution is 2.09. The van der Waals surface area contributed by atoms with E-state index in [0.717, 1.165) is 37.6 Å². The Balaban J connectivity index is 1.97. The number of aromatic nitrogens is 3. The zero-order valence-corrected chi connectivity index (χ0v) is 8.35. The van der Waals surface area contributed by atoms with Gasteiger partial charge in [0.15, 0.2) is 0 Å². The molecule has 0 aliphatic carbocycles. The summed E-state index contributed by atoms with van der Waals surface area (Å²) < 4.78 is 0.